The minimum atomic E-state index is -1.88. The second kappa shape index (κ2) is 11.9. The predicted octanol–water partition coefficient (Wildman–Crippen LogP) is 2.95. The number of esters is 3. The van der Waals surface area contributed by atoms with Crippen molar-refractivity contribution in [2.24, 2.45) is 5.41 Å². The summed E-state index contributed by atoms with van der Waals surface area (Å²) in [5.74, 6) is -1.75. The topological polar surface area (TPSA) is 100 Å². The van der Waals surface area contributed by atoms with Crippen LogP contribution in [0, 0.1) is 5.41 Å². The van der Waals surface area contributed by atoms with Crippen molar-refractivity contribution < 1.29 is 33.3 Å². The molecule has 1 atom stereocenters. The Morgan fingerprint density at radius 2 is 1.41 bits per heavy atom. The van der Waals surface area contributed by atoms with Crippen molar-refractivity contribution in [3.05, 3.63) is 24.3 Å². The maximum Gasteiger partial charge on any atom is 0.330 e. The molecule has 0 radical (unpaired) electrons. The second-order valence-electron chi connectivity index (χ2n) is 6.22. The molecule has 1 aromatic carbocycles. The summed E-state index contributed by atoms with van der Waals surface area (Å²) < 4.78 is 20.7. The SMILES string of the molecule is CCCC(C(=O)OCC)(C(=O)OCC)[C@H](Nc1ccc(OC)cc1)C(=O)OCC. The molecular formula is C21H31NO7. The van der Waals surface area contributed by atoms with Crippen molar-refractivity contribution in [3.8, 4) is 5.75 Å². The number of hydrogen-bond donors (Lipinski definition) is 1. The van der Waals surface area contributed by atoms with Crippen LogP contribution < -0.4 is 10.1 Å². The Morgan fingerprint density at radius 1 is 0.897 bits per heavy atom. The van der Waals surface area contributed by atoms with E-state index in [4.69, 9.17) is 18.9 Å². The van der Waals surface area contributed by atoms with Gasteiger partial charge in [-0.2, -0.15) is 0 Å². The first-order valence-electron chi connectivity index (χ1n) is 9.82. The number of rotatable bonds is 12. The Kier molecular flexibility index (Phi) is 9.99. The Morgan fingerprint density at radius 3 is 1.83 bits per heavy atom. The minimum absolute atomic E-state index is 0.0529. The first kappa shape index (κ1) is 24.3. The summed E-state index contributed by atoms with van der Waals surface area (Å²) in [5.41, 5.74) is -1.37. The molecule has 0 amide bonds. The molecule has 8 heteroatoms. The van der Waals surface area contributed by atoms with E-state index < -0.39 is 29.4 Å². The fourth-order valence-electron chi connectivity index (χ4n) is 3.04. The molecule has 0 aliphatic rings. The number of benzene rings is 1. The molecule has 0 aromatic heterocycles. The third-order valence-corrected chi connectivity index (χ3v) is 4.34. The van der Waals surface area contributed by atoms with Crippen molar-refractivity contribution >= 4 is 23.6 Å². The third-order valence-electron chi connectivity index (χ3n) is 4.34. The number of nitrogens with one attached hydrogen (secondary N) is 1. The van der Waals surface area contributed by atoms with Crippen LogP contribution in [0.4, 0.5) is 5.69 Å². The lowest BCUT2D eigenvalue weighted by Crippen LogP contribution is -2.57. The van der Waals surface area contributed by atoms with Gasteiger partial charge in [-0.1, -0.05) is 13.3 Å². The fraction of sp³-hybridized carbons (Fsp3) is 0.571. The largest absolute Gasteiger partial charge is 0.497 e. The van der Waals surface area contributed by atoms with Crippen molar-refractivity contribution in [3.63, 3.8) is 0 Å². The molecule has 1 aromatic rings. The van der Waals surface area contributed by atoms with E-state index in [2.05, 4.69) is 5.32 Å². The summed E-state index contributed by atoms with van der Waals surface area (Å²) in [4.78, 5) is 38.9. The van der Waals surface area contributed by atoms with E-state index in [9.17, 15) is 14.4 Å². The van der Waals surface area contributed by atoms with Gasteiger partial charge in [-0.05, 0) is 51.5 Å². The zero-order chi connectivity index (χ0) is 21.9. The van der Waals surface area contributed by atoms with Gasteiger partial charge in [0.05, 0.1) is 26.9 Å². The van der Waals surface area contributed by atoms with Crippen molar-refractivity contribution in [2.75, 3.05) is 32.2 Å². The summed E-state index contributed by atoms with van der Waals surface area (Å²) in [7, 11) is 1.54. The number of ether oxygens (including phenoxy) is 4. The fourth-order valence-corrected chi connectivity index (χ4v) is 3.04. The van der Waals surface area contributed by atoms with Gasteiger partial charge in [0, 0.05) is 5.69 Å². The Hall–Kier alpha value is -2.77. The molecule has 0 spiro atoms. The van der Waals surface area contributed by atoms with E-state index in [1.165, 1.54) is 7.11 Å². The molecule has 0 aliphatic carbocycles. The molecule has 162 valence electrons. The van der Waals surface area contributed by atoms with Crippen LogP contribution in [0.1, 0.15) is 40.5 Å². The highest BCUT2D eigenvalue weighted by molar-refractivity contribution is 6.06. The van der Waals surface area contributed by atoms with Crippen molar-refractivity contribution in [1.82, 2.24) is 0 Å². The molecule has 0 bridgehead atoms. The molecule has 1 N–H and O–H groups in total. The van der Waals surface area contributed by atoms with Gasteiger partial charge in [-0.3, -0.25) is 9.59 Å². The van der Waals surface area contributed by atoms with Gasteiger partial charge in [-0.15, -0.1) is 0 Å². The average molecular weight is 409 g/mol. The highest BCUT2D eigenvalue weighted by Crippen LogP contribution is 2.35. The lowest BCUT2D eigenvalue weighted by atomic mass is 9.75. The summed E-state index contributed by atoms with van der Waals surface area (Å²) in [5, 5.41) is 2.99. The van der Waals surface area contributed by atoms with Crippen LogP contribution in [0.25, 0.3) is 0 Å². The van der Waals surface area contributed by atoms with Crippen LogP contribution in [-0.4, -0.2) is 50.9 Å². The molecule has 29 heavy (non-hydrogen) atoms. The Bertz CT molecular complexity index is 654. The lowest BCUT2D eigenvalue weighted by Gasteiger charge is -2.35. The number of anilines is 1. The van der Waals surface area contributed by atoms with Gasteiger partial charge in [0.15, 0.2) is 11.5 Å². The highest BCUT2D eigenvalue weighted by Gasteiger charge is 2.58. The van der Waals surface area contributed by atoms with Crippen molar-refractivity contribution in [1.29, 1.82) is 0 Å². The Balaban J connectivity index is 3.51. The zero-order valence-electron chi connectivity index (χ0n) is 17.8. The van der Waals surface area contributed by atoms with Crippen LogP contribution in [0.15, 0.2) is 24.3 Å². The average Bonchev–Trinajstić information content (AvgIpc) is 2.71. The molecule has 0 unspecified atom stereocenters. The standard InChI is InChI=1S/C21H31NO7/c1-6-14-21(19(24)28-8-3,20(25)29-9-4)17(18(23)27-7-2)22-15-10-12-16(26-5)13-11-15/h10-13,17,22H,6-9,14H2,1-5H3/t17-/m1/s1. The monoisotopic (exact) mass is 409 g/mol. The maximum absolute atomic E-state index is 13.0. The van der Waals surface area contributed by atoms with E-state index in [-0.39, 0.29) is 26.2 Å². The quantitative estimate of drug-likeness (QED) is 0.319. The van der Waals surface area contributed by atoms with Gasteiger partial charge in [0.2, 0.25) is 0 Å². The van der Waals surface area contributed by atoms with E-state index in [0.717, 1.165) is 0 Å². The van der Waals surface area contributed by atoms with E-state index >= 15 is 0 Å². The summed E-state index contributed by atoms with van der Waals surface area (Å²) >= 11 is 0. The summed E-state index contributed by atoms with van der Waals surface area (Å²) in [6.07, 6.45) is 0.495. The van der Waals surface area contributed by atoms with Gasteiger partial charge < -0.3 is 24.3 Å². The van der Waals surface area contributed by atoms with Crippen LogP contribution in [0.5, 0.6) is 5.75 Å². The molecular weight excluding hydrogens is 378 g/mol. The number of hydrogen-bond acceptors (Lipinski definition) is 8. The summed E-state index contributed by atoms with van der Waals surface area (Å²) in [6.45, 7) is 6.94. The van der Waals surface area contributed by atoms with E-state index in [1.807, 2.05) is 6.92 Å². The Labute approximate surface area is 171 Å². The van der Waals surface area contributed by atoms with Crippen molar-refractivity contribution in [2.45, 2.75) is 46.6 Å². The van der Waals surface area contributed by atoms with Gasteiger partial charge in [0.1, 0.15) is 5.75 Å². The first-order valence-corrected chi connectivity index (χ1v) is 9.82. The maximum atomic E-state index is 13.0. The second-order valence-corrected chi connectivity index (χ2v) is 6.22. The molecule has 8 nitrogen and oxygen atoms in total. The smallest absolute Gasteiger partial charge is 0.330 e. The molecule has 0 aliphatic heterocycles. The zero-order valence-corrected chi connectivity index (χ0v) is 17.8. The molecule has 0 saturated heterocycles. The lowest BCUT2D eigenvalue weighted by molar-refractivity contribution is -0.179. The van der Waals surface area contributed by atoms with Crippen LogP contribution in [-0.2, 0) is 28.6 Å². The van der Waals surface area contributed by atoms with Gasteiger partial charge in [-0.25, -0.2) is 4.79 Å². The molecule has 0 heterocycles. The predicted molar refractivity (Wildman–Crippen MR) is 108 cm³/mol. The molecule has 0 saturated carbocycles. The number of carbonyl (C=O) groups is 3. The van der Waals surface area contributed by atoms with Crippen LogP contribution in [0.2, 0.25) is 0 Å². The highest BCUT2D eigenvalue weighted by atomic mass is 16.6. The van der Waals surface area contributed by atoms with E-state index in [0.29, 0.717) is 17.9 Å². The normalized spacial score (nSPS) is 11.9. The third kappa shape index (κ3) is 5.85. The number of methoxy groups -OCH3 is 1. The molecule has 0 fully saturated rings. The van der Waals surface area contributed by atoms with Crippen LogP contribution in [0.3, 0.4) is 0 Å². The number of carbonyl (C=O) groups excluding carboxylic acids is 3. The molecule has 1 rings (SSSR count). The first-order chi connectivity index (χ1) is 13.9. The summed E-state index contributed by atoms with van der Waals surface area (Å²) in [6, 6.07) is 5.42. The minimum Gasteiger partial charge on any atom is -0.497 e. The van der Waals surface area contributed by atoms with Gasteiger partial charge >= 0.3 is 17.9 Å². The van der Waals surface area contributed by atoms with Gasteiger partial charge in [0.25, 0.3) is 0 Å². The van der Waals surface area contributed by atoms with E-state index in [1.54, 1.807) is 45.0 Å². The van der Waals surface area contributed by atoms with Crippen LogP contribution >= 0.6 is 0 Å².